The van der Waals surface area contributed by atoms with Gasteiger partial charge >= 0.3 is 83.0 Å². The molecule has 1 rings (SSSR count). The van der Waals surface area contributed by atoms with Crippen LogP contribution in [0.15, 0.2) is 30.3 Å². The normalized spacial score (nSPS) is 9.67. The molecule has 0 heterocycles. The Hall–Kier alpha value is -0.221. The fourth-order valence-corrected chi connectivity index (χ4v) is 1.80. The molecule has 0 atom stereocenters. The third kappa shape index (κ3) is 3.97. The first-order chi connectivity index (χ1) is 5.93. The zero-order valence-corrected chi connectivity index (χ0v) is 10.2. The van der Waals surface area contributed by atoms with Crippen molar-refractivity contribution in [3.63, 3.8) is 0 Å². The van der Waals surface area contributed by atoms with Crippen LogP contribution in [0, 0.1) is 0 Å². The summed E-state index contributed by atoms with van der Waals surface area (Å²) >= 11 is -1.81. The van der Waals surface area contributed by atoms with Crippen molar-refractivity contribution in [2.75, 3.05) is 6.61 Å². The summed E-state index contributed by atoms with van der Waals surface area (Å²) < 4.78 is 15.0. The van der Waals surface area contributed by atoms with Crippen LogP contribution in [0.4, 0.5) is 0 Å². The second-order valence-electron chi connectivity index (χ2n) is 2.56. The van der Waals surface area contributed by atoms with Gasteiger partial charge in [-0.1, -0.05) is 0 Å². The van der Waals surface area contributed by atoms with E-state index in [1.807, 2.05) is 18.2 Å². The molecule has 0 bridgehead atoms. The summed E-state index contributed by atoms with van der Waals surface area (Å²) in [5.74, 6) is 0. The molecule has 0 aliphatic heterocycles. The third-order valence-corrected chi connectivity index (χ3v) is 2.70. The van der Waals surface area contributed by atoms with Gasteiger partial charge in [0.25, 0.3) is 0 Å². The molecule has 0 saturated heterocycles. The Balaban J connectivity index is 2.20. The fraction of sp³-hybridized carbons (Fsp3) is 0.333. The van der Waals surface area contributed by atoms with Crippen LogP contribution in [-0.2, 0) is 12.6 Å². The molecule has 1 aromatic carbocycles. The summed E-state index contributed by atoms with van der Waals surface area (Å²) in [6.07, 6.45) is 1.99. The van der Waals surface area contributed by atoms with Crippen LogP contribution >= 0.6 is 0 Å². The first-order valence-electron chi connectivity index (χ1n) is 4.02. The van der Waals surface area contributed by atoms with Crippen LogP contribution in [-0.4, -0.2) is 28.1 Å². The van der Waals surface area contributed by atoms with E-state index in [4.69, 9.17) is 3.07 Å². The molecule has 0 spiro atoms. The molecule has 0 unspecified atom stereocenters. The van der Waals surface area contributed by atoms with Gasteiger partial charge in [-0.3, -0.25) is 0 Å². The van der Waals surface area contributed by atoms with Crippen LogP contribution in [0.2, 0.25) is 0 Å². The molecular weight excluding hydrogens is 259 g/mol. The average Bonchev–Trinajstić information content (AvgIpc) is 2.14. The maximum atomic E-state index is 10.1. The fourth-order valence-electron chi connectivity index (χ4n) is 1.05. The van der Waals surface area contributed by atoms with Crippen LogP contribution in [0.5, 0.6) is 0 Å². The Bertz CT molecular complexity index is 223. The standard InChI is InChI=1S/C9H11O.O.Sn.H/c10-8-4-7-9-5-2-1-3-6-9;;;/h1-3,5-6H,4,7-8H2;;;/q-1;;+1;. The Morgan fingerprint density at radius 3 is 2.67 bits per heavy atom. The first kappa shape index (κ1) is 9.86. The van der Waals surface area contributed by atoms with Gasteiger partial charge in [0, 0.05) is 0 Å². The number of aryl methyl sites for hydroxylation is 1. The van der Waals surface area contributed by atoms with Gasteiger partial charge in [0.05, 0.1) is 0 Å². The number of hydrogen-bond donors (Lipinski definition) is 0. The van der Waals surface area contributed by atoms with E-state index < -0.39 is 21.5 Å². The Morgan fingerprint density at radius 1 is 1.25 bits per heavy atom. The van der Waals surface area contributed by atoms with Crippen LogP contribution < -0.4 is 0 Å². The van der Waals surface area contributed by atoms with E-state index in [0.29, 0.717) is 6.61 Å². The molecule has 3 heteroatoms. The molecule has 12 heavy (non-hydrogen) atoms. The quantitative estimate of drug-likeness (QED) is 0.596. The molecule has 0 saturated carbocycles. The van der Waals surface area contributed by atoms with Crippen molar-refractivity contribution in [2.45, 2.75) is 12.8 Å². The van der Waals surface area contributed by atoms with Gasteiger partial charge in [-0.05, 0) is 0 Å². The molecule has 0 N–H and O–H groups in total. The molecule has 0 radical (unpaired) electrons. The Labute approximate surface area is 83.1 Å². The second kappa shape index (κ2) is 6.31. The van der Waals surface area contributed by atoms with Crippen molar-refractivity contribution in [3.05, 3.63) is 35.9 Å². The summed E-state index contributed by atoms with van der Waals surface area (Å²) in [6, 6.07) is 10.3. The molecule has 64 valence electrons. The summed E-state index contributed by atoms with van der Waals surface area (Å²) in [4.78, 5) is 0. The molecule has 0 amide bonds. The topological polar surface area (TPSA) is 26.3 Å². The number of hydrogen-bond acceptors (Lipinski definition) is 2. The monoisotopic (exact) mass is 272 g/mol. The van der Waals surface area contributed by atoms with E-state index in [-0.39, 0.29) is 0 Å². The van der Waals surface area contributed by atoms with Gasteiger partial charge in [0.1, 0.15) is 0 Å². The molecule has 1 aromatic rings. The maximum absolute atomic E-state index is 10.1. The zero-order chi connectivity index (χ0) is 8.65. The number of rotatable bonds is 5. The predicted octanol–water partition coefficient (Wildman–Crippen LogP) is 1.33. The van der Waals surface area contributed by atoms with Crippen molar-refractivity contribution in [1.82, 2.24) is 0 Å². The molecule has 0 fully saturated rings. The van der Waals surface area contributed by atoms with Gasteiger partial charge in [0.2, 0.25) is 0 Å². The van der Waals surface area contributed by atoms with E-state index >= 15 is 0 Å². The van der Waals surface area contributed by atoms with E-state index in [1.165, 1.54) is 5.56 Å². The summed E-state index contributed by atoms with van der Waals surface area (Å²) in [7, 11) is 0. The molecule has 0 aliphatic carbocycles. The van der Waals surface area contributed by atoms with E-state index in [1.54, 1.807) is 0 Å². The first-order valence-corrected chi connectivity index (χ1v) is 6.72. The van der Waals surface area contributed by atoms with Crippen molar-refractivity contribution in [3.8, 4) is 0 Å². The van der Waals surface area contributed by atoms with Gasteiger partial charge in [-0.25, -0.2) is 0 Å². The van der Waals surface area contributed by atoms with Crippen molar-refractivity contribution in [2.24, 2.45) is 0 Å². The van der Waals surface area contributed by atoms with Crippen LogP contribution in [0.3, 0.4) is 0 Å². The van der Waals surface area contributed by atoms with E-state index in [2.05, 4.69) is 12.1 Å². The summed E-state index contributed by atoms with van der Waals surface area (Å²) in [5.41, 5.74) is 1.32. The van der Waals surface area contributed by atoms with Crippen molar-refractivity contribution < 1.29 is 6.15 Å². The SMILES string of the molecule is [O]=[SnH][O]CCCc1ccccc1. The Morgan fingerprint density at radius 2 is 2.00 bits per heavy atom. The second-order valence-corrected chi connectivity index (χ2v) is 4.06. The predicted molar refractivity (Wildman–Crippen MR) is 48.6 cm³/mol. The van der Waals surface area contributed by atoms with Crippen molar-refractivity contribution in [1.29, 1.82) is 0 Å². The summed E-state index contributed by atoms with van der Waals surface area (Å²) in [6.45, 7) is 0.652. The van der Waals surface area contributed by atoms with Gasteiger partial charge in [0.15, 0.2) is 0 Å². The van der Waals surface area contributed by atoms with Crippen molar-refractivity contribution >= 4 is 21.5 Å². The zero-order valence-electron chi connectivity index (χ0n) is 6.90. The third-order valence-electron chi connectivity index (χ3n) is 1.64. The molecule has 0 aromatic heterocycles. The minimum absolute atomic E-state index is 0.652. The average molecular weight is 271 g/mol. The molecule has 2 nitrogen and oxygen atoms in total. The summed E-state index contributed by atoms with van der Waals surface area (Å²) in [5, 5.41) is 0. The van der Waals surface area contributed by atoms with Gasteiger partial charge in [-0.2, -0.15) is 0 Å². The van der Waals surface area contributed by atoms with Gasteiger partial charge in [-0.15, -0.1) is 0 Å². The minimum atomic E-state index is -1.81. The van der Waals surface area contributed by atoms with Crippen LogP contribution in [0.25, 0.3) is 0 Å². The molecule has 0 aliphatic rings. The van der Waals surface area contributed by atoms with Crippen LogP contribution in [0.1, 0.15) is 12.0 Å². The number of benzene rings is 1. The van der Waals surface area contributed by atoms with E-state index in [9.17, 15) is 3.08 Å². The van der Waals surface area contributed by atoms with E-state index in [0.717, 1.165) is 12.8 Å². The molecular formula is C9H12O2Sn. The Kier molecular flexibility index (Phi) is 5.19. The van der Waals surface area contributed by atoms with Gasteiger partial charge < -0.3 is 0 Å².